The highest BCUT2D eigenvalue weighted by Gasteiger charge is 2.33. The number of hydrogen-bond acceptors (Lipinski definition) is 3. The van der Waals surface area contributed by atoms with Crippen LogP contribution in [0, 0.1) is 5.82 Å². The molecule has 0 amide bonds. The molecule has 0 radical (unpaired) electrons. The van der Waals surface area contributed by atoms with Gasteiger partial charge in [-0.2, -0.15) is 13.2 Å². The van der Waals surface area contributed by atoms with Gasteiger partial charge in [0.25, 0.3) is 0 Å². The van der Waals surface area contributed by atoms with Crippen LogP contribution in [-0.4, -0.2) is 12.9 Å². The Morgan fingerprint density at radius 1 is 1.23 bits per heavy atom. The first-order chi connectivity index (χ1) is 12.3. The van der Waals surface area contributed by atoms with Gasteiger partial charge in [0, 0.05) is 28.3 Å². The number of hydrogen-bond donors (Lipinski definition) is 0. The van der Waals surface area contributed by atoms with E-state index in [9.17, 15) is 22.4 Å². The summed E-state index contributed by atoms with van der Waals surface area (Å²) in [5, 5.41) is -0.0490. The number of benzene rings is 2. The molecule has 0 aliphatic carbocycles. The number of alkyl halides is 3. The van der Waals surface area contributed by atoms with Crippen molar-refractivity contribution in [3.8, 4) is 11.5 Å². The maximum Gasteiger partial charge on any atom is 0.416 e. The molecule has 2 aromatic carbocycles. The van der Waals surface area contributed by atoms with Crippen molar-refractivity contribution in [2.45, 2.75) is 12.8 Å². The fourth-order valence-corrected chi connectivity index (χ4v) is 2.64. The molecule has 3 nitrogen and oxygen atoms in total. The second-order valence-electron chi connectivity index (χ2n) is 5.53. The molecule has 3 rings (SSSR count). The van der Waals surface area contributed by atoms with Gasteiger partial charge >= 0.3 is 6.18 Å². The Morgan fingerprint density at radius 2 is 2.00 bits per heavy atom. The van der Waals surface area contributed by atoms with Crippen LogP contribution >= 0.6 is 11.6 Å². The normalized spacial score (nSPS) is 13.5. The minimum Gasteiger partial charge on any atom is -0.489 e. The number of carbonyl (C=O) groups excluding carboxylic acids is 1. The molecule has 0 atom stereocenters. The van der Waals surface area contributed by atoms with E-state index in [2.05, 4.69) is 0 Å². The van der Waals surface area contributed by atoms with E-state index in [-0.39, 0.29) is 39.8 Å². The Morgan fingerprint density at radius 3 is 2.69 bits per heavy atom. The smallest absolute Gasteiger partial charge is 0.416 e. The van der Waals surface area contributed by atoms with Gasteiger partial charge in [-0.25, -0.2) is 4.39 Å². The van der Waals surface area contributed by atoms with Crippen molar-refractivity contribution in [2.24, 2.45) is 0 Å². The van der Waals surface area contributed by atoms with E-state index in [1.807, 2.05) is 0 Å². The third kappa shape index (κ3) is 3.83. The van der Waals surface area contributed by atoms with E-state index >= 15 is 0 Å². The lowest BCUT2D eigenvalue weighted by atomic mass is 10.1. The summed E-state index contributed by atoms with van der Waals surface area (Å²) in [7, 11) is 0. The van der Waals surface area contributed by atoms with Crippen LogP contribution in [0.4, 0.5) is 17.6 Å². The zero-order chi connectivity index (χ0) is 18.9. The van der Waals surface area contributed by atoms with E-state index in [0.717, 1.165) is 12.1 Å². The van der Waals surface area contributed by atoms with Crippen molar-refractivity contribution in [2.75, 3.05) is 6.61 Å². The van der Waals surface area contributed by atoms with Gasteiger partial charge in [0.15, 0.2) is 0 Å². The lowest BCUT2D eigenvalue weighted by Crippen LogP contribution is -2.12. The third-order valence-corrected chi connectivity index (χ3v) is 3.95. The topological polar surface area (TPSA) is 35.5 Å². The van der Waals surface area contributed by atoms with Gasteiger partial charge in [-0.15, -0.1) is 0 Å². The third-order valence-electron chi connectivity index (χ3n) is 3.71. The molecule has 0 bridgehead atoms. The standard InChI is InChI=1S/C18H11ClF4O3/c19-12-2-1-11(15(4-12)18(21,22)23)9-25-13-5-16(20)14-3-10(7-24)8-26-17(14)6-13/h1-7H,8-9H2. The summed E-state index contributed by atoms with van der Waals surface area (Å²) in [6.07, 6.45) is -2.68. The van der Waals surface area contributed by atoms with Crippen LogP contribution in [0.3, 0.4) is 0 Å². The number of carbonyl (C=O) groups is 1. The van der Waals surface area contributed by atoms with Gasteiger partial charge in [0.2, 0.25) is 0 Å². The van der Waals surface area contributed by atoms with Gasteiger partial charge in [-0.1, -0.05) is 17.7 Å². The molecule has 0 saturated carbocycles. The first kappa shape index (κ1) is 18.3. The van der Waals surface area contributed by atoms with Crippen LogP contribution in [0.25, 0.3) is 6.08 Å². The molecule has 1 heterocycles. The summed E-state index contributed by atoms with van der Waals surface area (Å²) in [4.78, 5) is 10.7. The lowest BCUT2D eigenvalue weighted by molar-refractivity contribution is -0.138. The first-order valence-electron chi connectivity index (χ1n) is 7.38. The van der Waals surface area contributed by atoms with Crippen LogP contribution in [-0.2, 0) is 17.6 Å². The zero-order valence-electron chi connectivity index (χ0n) is 13.1. The van der Waals surface area contributed by atoms with E-state index in [0.29, 0.717) is 6.29 Å². The average Bonchev–Trinajstić information content (AvgIpc) is 2.59. The largest absolute Gasteiger partial charge is 0.489 e. The molecule has 26 heavy (non-hydrogen) atoms. The summed E-state index contributed by atoms with van der Waals surface area (Å²) in [6, 6.07) is 5.71. The Bertz CT molecular complexity index is 891. The van der Waals surface area contributed by atoms with Crippen molar-refractivity contribution in [1.29, 1.82) is 0 Å². The maximum atomic E-state index is 14.2. The number of rotatable bonds is 4. The van der Waals surface area contributed by atoms with Gasteiger partial charge in [-0.05, 0) is 18.2 Å². The molecule has 0 spiro atoms. The van der Waals surface area contributed by atoms with E-state index in [4.69, 9.17) is 21.1 Å². The maximum absolute atomic E-state index is 14.2. The Labute approximate surface area is 150 Å². The van der Waals surface area contributed by atoms with Crippen LogP contribution < -0.4 is 9.47 Å². The van der Waals surface area contributed by atoms with Crippen LogP contribution in [0.15, 0.2) is 35.9 Å². The summed E-state index contributed by atoms with van der Waals surface area (Å²) in [6.45, 7) is -0.450. The lowest BCUT2D eigenvalue weighted by Gasteiger charge is -2.18. The van der Waals surface area contributed by atoms with Crippen LogP contribution in [0.5, 0.6) is 11.5 Å². The Balaban J connectivity index is 1.85. The SMILES string of the molecule is O=CC1=Cc2c(F)cc(OCc3ccc(Cl)cc3C(F)(F)F)cc2OC1. The molecule has 8 heteroatoms. The molecule has 0 saturated heterocycles. The Hall–Kier alpha value is -2.54. The fourth-order valence-electron chi connectivity index (χ4n) is 2.47. The molecule has 1 aliphatic heterocycles. The van der Waals surface area contributed by atoms with Gasteiger partial charge in [0.05, 0.1) is 11.1 Å². The van der Waals surface area contributed by atoms with Crippen molar-refractivity contribution in [1.82, 2.24) is 0 Å². The molecule has 0 aromatic heterocycles. The number of fused-ring (bicyclic) bond motifs is 1. The van der Waals surface area contributed by atoms with Gasteiger partial charge in [0.1, 0.15) is 36.8 Å². The quantitative estimate of drug-likeness (QED) is 0.545. The van der Waals surface area contributed by atoms with Crippen molar-refractivity contribution in [3.63, 3.8) is 0 Å². The second kappa shape index (κ2) is 6.99. The highest BCUT2D eigenvalue weighted by molar-refractivity contribution is 6.30. The summed E-state index contributed by atoms with van der Waals surface area (Å²) < 4.78 is 64.0. The van der Waals surface area contributed by atoms with E-state index in [1.165, 1.54) is 24.3 Å². The number of aldehydes is 1. The molecule has 136 valence electrons. The van der Waals surface area contributed by atoms with Gasteiger partial charge < -0.3 is 9.47 Å². The molecule has 0 unspecified atom stereocenters. The molecule has 2 aromatic rings. The fraction of sp³-hybridized carbons (Fsp3) is 0.167. The van der Waals surface area contributed by atoms with Crippen molar-refractivity contribution >= 4 is 24.0 Å². The zero-order valence-corrected chi connectivity index (χ0v) is 13.8. The monoisotopic (exact) mass is 386 g/mol. The summed E-state index contributed by atoms with van der Waals surface area (Å²) in [5.41, 5.74) is -0.684. The Kier molecular flexibility index (Phi) is 4.91. The molecule has 0 fully saturated rings. The van der Waals surface area contributed by atoms with Crippen LogP contribution in [0.2, 0.25) is 5.02 Å². The van der Waals surface area contributed by atoms with Crippen LogP contribution in [0.1, 0.15) is 16.7 Å². The molecule has 1 aliphatic rings. The van der Waals surface area contributed by atoms with Crippen molar-refractivity contribution in [3.05, 3.63) is 63.4 Å². The molecular weight excluding hydrogens is 376 g/mol. The molecule has 0 N–H and O–H groups in total. The average molecular weight is 387 g/mol. The minimum atomic E-state index is -4.59. The van der Waals surface area contributed by atoms with Gasteiger partial charge in [-0.3, -0.25) is 4.79 Å². The number of halogens is 5. The van der Waals surface area contributed by atoms with Crippen molar-refractivity contribution < 1.29 is 31.8 Å². The molecular formula is C18H11ClF4O3. The number of ether oxygens (including phenoxy) is 2. The van der Waals surface area contributed by atoms with E-state index in [1.54, 1.807) is 0 Å². The first-order valence-corrected chi connectivity index (χ1v) is 7.76. The second-order valence-corrected chi connectivity index (χ2v) is 5.97. The summed E-state index contributed by atoms with van der Waals surface area (Å²) in [5.74, 6) is -0.547. The predicted octanol–water partition coefficient (Wildman–Crippen LogP) is 5.05. The summed E-state index contributed by atoms with van der Waals surface area (Å²) >= 11 is 5.63. The highest BCUT2D eigenvalue weighted by Crippen LogP contribution is 2.36. The predicted molar refractivity (Wildman–Crippen MR) is 86.7 cm³/mol. The highest BCUT2D eigenvalue weighted by atomic mass is 35.5. The van der Waals surface area contributed by atoms with E-state index < -0.39 is 24.2 Å². The minimum absolute atomic E-state index is 0.00674.